The molecule has 3 heterocycles. The van der Waals surface area contributed by atoms with E-state index in [2.05, 4.69) is 30.9 Å². The molecular weight excluding hydrogens is 744 g/mol. The van der Waals surface area contributed by atoms with Gasteiger partial charge in [-0.3, -0.25) is 29.3 Å². The van der Waals surface area contributed by atoms with Crippen molar-refractivity contribution in [2.75, 3.05) is 26.2 Å². The minimum absolute atomic E-state index is 0. The van der Waals surface area contributed by atoms with Gasteiger partial charge in [0.05, 0.1) is 16.7 Å². The molecule has 13 nitrogen and oxygen atoms in total. The molecule has 0 fully saturated rings. The van der Waals surface area contributed by atoms with Crippen LogP contribution >= 0.6 is 0 Å². The summed E-state index contributed by atoms with van der Waals surface area (Å²) >= 11 is 0. The number of fused-ring (bicyclic) bond motifs is 3. The molecule has 0 saturated heterocycles. The maximum Gasteiger partial charge on any atom is 3.00 e. The van der Waals surface area contributed by atoms with Gasteiger partial charge in [-0.05, 0) is 80.3 Å². The number of carbonyl (C=O) groups is 3. The molecule has 0 spiro atoms. The van der Waals surface area contributed by atoms with E-state index in [1.165, 1.54) is 0 Å². The van der Waals surface area contributed by atoms with Crippen LogP contribution < -0.4 is 16.0 Å². The first kappa shape index (κ1) is 40.4. The predicted molar refractivity (Wildman–Crippen MR) is 204 cm³/mol. The molecule has 1 radical (unpaired) electrons. The number of nitrogens with zero attached hydrogens (tertiary/aromatic N) is 3. The van der Waals surface area contributed by atoms with E-state index < -0.39 is 23.1 Å². The van der Waals surface area contributed by atoms with Gasteiger partial charge in [-0.2, -0.15) is 0 Å². The fourth-order valence-electron chi connectivity index (χ4n) is 6.83. The van der Waals surface area contributed by atoms with Crippen LogP contribution in [-0.2, 0) is 17.1 Å². The van der Waals surface area contributed by atoms with Crippen LogP contribution in [0.15, 0.2) is 91.4 Å². The summed E-state index contributed by atoms with van der Waals surface area (Å²) in [6.07, 6.45) is 7.72. The van der Waals surface area contributed by atoms with Gasteiger partial charge in [0.1, 0.15) is 16.6 Å². The molecule has 6 rings (SSSR count). The summed E-state index contributed by atoms with van der Waals surface area (Å²) in [5.41, 5.74) is 0.739. The first-order chi connectivity index (χ1) is 26.2. The van der Waals surface area contributed by atoms with E-state index in [1.54, 1.807) is 91.4 Å². The van der Waals surface area contributed by atoms with Crippen LogP contribution in [0.1, 0.15) is 69.6 Å². The monoisotopic (exact) mass is 786 g/mol. The van der Waals surface area contributed by atoms with Crippen LogP contribution in [-0.4, -0.2) is 79.3 Å². The third-order valence-electron chi connectivity index (χ3n) is 9.82. The molecule has 14 heteroatoms. The van der Waals surface area contributed by atoms with Gasteiger partial charge >= 0.3 is 17.1 Å². The second-order valence-corrected chi connectivity index (χ2v) is 13.3. The molecule has 3 aromatic heterocycles. The molecule has 0 aliphatic rings. The Kier molecular flexibility index (Phi) is 13.6. The molecule has 3 amide bonds. The quantitative estimate of drug-likeness (QED) is 0.0494. The van der Waals surface area contributed by atoms with Crippen molar-refractivity contribution in [3.8, 4) is 17.2 Å². The zero-order valence-corrected chi connectivity index (χ0v) is 31.0. The Balaban J connectivity index is 0.00000580. The van der Waals surface area contributed by atoms with Gasteiger partial charge in [-0.1, -0.05) is 36.4 Å². The Morgan fingerprint density at radius 1 is 0.509 bits per heavy atom. The predicted octanol–water partition coefficient (Wildman–Crippen LogP) is 5.35. The smallest absolute Gasteiger partial charge is 0.505 e. The minimum atomic E-state index is -0.612. The molecule has 6 aromatic rings. The van der Waals surface area contributed by atoms with Crippen LogP contribution in [0.5, 0.6) is 17.2 Å². The molecule has 55 heavy (non-hydrogen) atoms. The molecule has 0 atom stereocenters. The van der Waals surface area contributed by atoms with Gasteiger partial charge in [-0.15, -0.1) is 0 Å². The average Bonchev–Trinajstić information content (AvgIpc) is 3.20. The maximum atomic E-state index is 13.0. The molecule has 7 N–H and O–H groups in total. The summed E-state index contributed by atoms with van der Waals surface area (Å²) in [6.45, 7) is 0.656. The zero-order chi connectivity index (χ0) is 38.1. The summed E-state index contributed by atoms with van der Waals surface area (Å²) in [7, 11) is 0. The van der Waals surface area contributed by atoms with Crippen molar-refractivity contribution in [2.45, 2.75) is 38.5 Å². The van der Waals surface area contributed by atoms with Gasteiger partial charge in [-0.25, -0.2) is 0 Å². The van der Waals surface area contributed by atoms with Gasteiger partial charge in [0.2, 0.25) is 0 Å². The van der Waals surface area contributed by atoms with Crippen LogP contribution in [0.3, 0.4) is 0 Å². The Bertz CT molecular complexity index is 2070. The Morgan fingerprint density at radius 2 is 0.818 bits per heavy atom. The van der Waals surface area contributed by atoms with Crippen molar-refractivity contribution < 1.29 is 51.9 Å². The SMILES string of the molecule is O=C(NCCCC(CO)(CCCNC(=O)c1ccc2cccnc2c1O)CCCNC(=O)c1ccc2cccnc2c1O)c1ccc2cccnc2c1O.[Fe+3]. The molecule has 0 aliphatic heterocycles. The third-order valence-corrected chi connectivity index (χ3v) is 9.82. The largest absolute Gasteiger partial charge is 3.00 e. The van der Waals surface area contributed by atoms with Crippen molar-refractivity contribution in [1.82, 2.24) is 30.9 Å². The number of pyridine rings is 3. The number of phenolic OH excluding ortho intramolecular Hbond substituents is 3. The normalized spacial score (nSPS) is 11.3. The van der Waals surface area contributed by atoms with Crippen LogP contribution in [0.2, 0.25) is 0 Å². The molecule has 0 aliphatic carbocycles. The topological polar surface area (TPSA) is 207 Å². The summed E-state index contributed by atoms with van der Waals surface area (Å²) in [5.74, 6) is -1.92. The van der Waals surface area contributed by atoms with Crippen molar-refractivity contribution in [2.24, 2.45) is 5.41 Å². The number of phenols is 3. The van der Waals surface area contributed by atoms with Gasteiger partial charge in [0.25, 0.3) is 17.7 Å². The van der Waals surface area contributed by atoms with E-state index in [4.69, 9.17) is 0 Å². The van der Waals surface area contributed by atoms with E-state index in [-0.39, 0.29) is 77.2 Å². The number of aliphatic hydroxyl groups is 1. The number of aromatic hydroxyl groups is 3. The Labute approximate surface area is 327 Å². The van der Waals surface area contributed by atoms with Gasteiger partial charge in [0.15, 0.2) is 17.2 Å². The number of aromatic nitrogens is 3. The first-order valence-corrected chi connectivity index (χ1v) is 17.9. The van der Waals surface area contributed by atoms with Crippen molar-refractivity contribution in [3.05, 3.63) is 108 Å². The average molecular weight is 787 g/mol. The van der Waals surface area contributed by atoms with Crippen molar-refractivity contribution in [3.63, 3.8) is 0 Å². The molecule has 0 saturated carbocycles. The standard InChI is InChI=1S/C41H42N6O7.Fe/c48-25-41(16-4-22-45-38(52)29-13-10-26-7-1-19-42-32(26)35(29)49,17-5-23-46-39(53)30-14-11-27-8-2-20-43-33(27)36(30)50)18-6-24-47-40(54)31-15-12-28-9-3-21-44-34(28)37(31)51;/h1-3,7-15,19-21,48-51H,4-6,16-18,22-25H2,(H,45,52)(H,46,53)(H,47,54);/q;+3. The summed E-state index contributed by atoms with van der Waals surface area (Å²) < 4.78 is 0. The van der Waals surface area contributed by atoms with Crippen LogP contribution in [0.25, 0.3) is 32.7 Å². The van der Waals surface area contributed by atoms with Gasteiger partial charge < -0.3 is 36.4 Å². The molecular formula is C41H42FeN6O7+3. The van der Waals surface area contributed by atoms with E-state index in [0.717, 1.165) is 0 Å². The van der Waals surface area contributed by atoms with Crippen molar-refractivity contribution in [1.29, 1.82) is 0 Å². The van der Waals surface area contributed by atoms with Gasteiger partial charge in [0, 0.05) is 61.0 Å². The van der Waals surface area contributed by atoms with Crippen molar-refractivity contribution >= 4 is 50.4 Å². The van der Waals surface area contributed by atoms with E-state index in [9.17, 15) is 34.8 Å². The summed E-state index contributed by atoms with van der Waals surface area (Å²) in [6, 6.07) is 20.5. The first-order valence-electron chi connectivity index (χ1n) is 17.9. The van der Waals surface area contributed by atoms with E-state index in [1.807, 2.05) is 0 Å². The molecule has 283 valence electrons. The number of amides is 3. The fourth-order valence-corrected chi connectivity index (χ4v) is 6.83. The molecule has 3 aromatic carbocycles. The van der Waals surface area contributed by atoms with Crippen LogP contribution in [0, 0.1) is 5.41 Å². The summed E-state index contributed by atoms with van der Waals surface area (Å²) in [5, 5.41) is 53.5. The maximum absolute atomic E-state index is 13.0. The number of rotatable bonds is 16. The number of aliphatic hydroxyl groups excluding tert-OH is 1. The number of hydrogen-bond donors (Lipinski definition) is 7. The number of nitrogens with one attached hydrogen (secondary N) is 3. The Hall–Kier alpha value is -5.82. The number of hydrogen-bond acceptors (Lipinski definition) is 10. The number of benzene rings is 3. The minimum Gasteiger partial charge on any atom is -0.505 e. The second kappa shape index (κ2) is 18.5. The molecule has 0 bridgehead atoms. The van der Waals surface area contributed by atoms with E-state index in [0.29, 0.717) is 71.2 Å². The third kappa shape index (κ3) is 9.29. The summed E-state index contributed by atoms with van der Waals surface area (Å²) in [4.78, 5) is 51.6. The number of carbonyl (C=O) groups excluding carboxylic acids is 3. The Morgan fingerprint density at radius 3 is 1.11 bits per heavy atom. The fraction of sp³-hybridized carbons (Fsp3) is 0.268. The second-order valence-electron chi connectivity index (χ2n) is 13.3. The van der Waals surface area contributed by atoms with Crippen LogP contribution in [0.4, 0.5) is 0 Å². The molecule has 0 unspecified atom stereocenters. The van der Waals surface area contributed by atoms with E-state index >= 15 is 0 Å². The zero-order valence-electron chi connectivity index (χ0n) is 29.9.